The van der Waals surface area contributed by atoms with E-state index in [9.17, 15) is 9.59 Å². The van der Waals surface area contributed by atoms with Crippen molar-refractivity contribution in [1.82, 2.24) is 4.90 Å². The molecule has 3 amide bonds. The van der Waals surface area contributed by atoms with Gasteiger partial charge in [-0.3, -0.25) is 4.79 Å². The third kappa shape index (κ3) is 4.95. The van der Waals surface area contributed by atoms with Crippen molar-refractivity contribution < 1.29 is 9.59 Å². The Labute approximate surface area is 126 Å². The summed E-state index contributed by atoms with van der Waals surface area (Å²) >= 11 is 0. The third-order valence-corrected chi connectivity index (χ3v) is 3.09. The lowest BCUT2D eigenvalue weighted by atomic mass is 10.2. The van der Waals surface area contributed by atoms with Gasteiger partial charge in [0.15, 0.2) is 0 Å². The fourth-order valence-electron chi connectivity index (χ4n) is 1.83. The fraction of sp³-hybridized carbons (Fsp3) is 0.375. The predicted octanol–water partition coefficient (Wildman–Crippen LogP) is 3.10. The monoisotopic (exact) mass is 289 g/mol. The first-order valence-corrected chi connectivity index (χ1v) is 6.89. The van der Waals surface area contributed by atoms with Crippen LogP contribution in [0.1, 0.15) is 20.8 Å². The maximum atomic E-state index is 12.2. The molecule has 0 bridgehead atoms. The molecule has 5 nitrogen and oxygen atoms in total. The molecule has 0 aliphatic carbocycles. The second kappa shape index (κ2) is 7.47. The zero-order valence-corrected chi connectivity index (χ0v) is 13.1. The van der Waals surface area contributed by atoms with Crippen molar-refractivity contribution in [3.05, 3.63) is 36.4 Å². The lowest BCUT2D eigenvalue weighted by Crippen LogP contribution is -2.35. The summed E-state index contributed by atoms with van der Waals surface area (Å²) in [5, 5.41) is 2.84. The number of urea groups is 1. The van der Waals surface area contributed by atoms with Crippen LogP contribution in [0.2, 0.25) is 0 Å². The van der Waals surface area contributed by atoms with Gasteiger partial charge < -0.3 is 15.1 Å². The van der Waals surface area contributed by atoms with Crippen molar-refractivity contribution in [2.45, 2.75) is 20.8 Å². The van der Waals surface area contributed by atoms with Gasteiger partial charge in [-0.2, -0.15) is 0 Å². The highest BCUT2D eigenvalue weighted by Gasteiger charge is 2.12. The maximum Gasteiger partial charge on any atom is 0.322 e. The van der Waals surface area contributed by atoms with Gasteiger partial charge in [-0.05, 0) is 32.0 Å². The van der Waals surface area contributed by atoms with Crippen molar-refractivity contribution in [1.29, 1.82) is 0 Å². The Kier molecular flexibility index (Phi) is 5.96. The molecular formula is C16H23N3O2. The van der Waals surface area contributed by atoms with Crippen LogP contribution in [0.4, 0.5) is 16.2 Å². The largest absolute Gasteiger partial charge is 0.322 e. The molecule has 0 saturated heterocycles. The molecule has 1 aromatic rings. The number of anilines is 2. The Morgan fingerprint density at radius 3 is 2.48 bits per heavy atom. The molecule has 1 rings (SSSR count). The van der Waals surface area contributed by atoms with Crippen LogP contribution in [0.15, 0.2) is 36.4 Å². The summed E-state index contributed by atoms with van der Waals surface area (Å²) in [5.41, 5.74) is 2.33. The Balaban J connectivity index is 2.83. The molecule has 0 aromatic heterocycles. The summed E-state index contributed by atoms with van der Waals surface area (Å²) < 4.78 is 0. The predicted molar refractivity (Wildman–Crippen MR) is 86.6 cm³/mol. The van der Waals surface area contributed by atoms with Crippen LogP contribution in [0.5, 0.6) is 0 Å². The Morgan fingerprint density at radius 2 is 1.95 bits per heavy atom. The quantitative estimate of drug-likeness (QED) is 0.847. The number of rotatable bonds is 5. The van der Waals surface area contributed by atoms with E-state index >= 15 is 0 Å². The average molecular weight is 289 g/mol. The number of amides is 3. The topological polar surface area (TPSA) is 52.7 Å². The number of likely N-dealkylation sites (N-methyl/N-ethyl adjacent to an activating group) is 1. The third-order valence-electron chi connectivity index (χ3n) is 3.09. The van der Waals surface area contributed by atoms with Crippen molar-refractivity contribution in [2.24, 2.45) is 0 Å². The molecule has 0 atom stereocenters. The second-order valence-electron chi connectivity index (χ2n) is 5.03. The lowest BCUT2D eigenvalue weighted by molar-refractivity contribution is -0.116. The van der Waals surface area contributed by atoms with Gasteiger partial charge in [0.2, 0.25) is 5.91 Å². The minimum absolute atomic E-state index is 0.0593. The first-order valence-electron chi connectivity index (χ1n) is 6.89. The standard InChI is InChI=1S/C16H23N3O2/c1-6-19(11-12(2)3)16(21)17-14-8-7-9-15(10-14)18(5)13(4)20/h7-10H,2,6,11H2,1,3-5H3,(H,17,21). The van der Waals surface area contributed by atoms with Gasteiger partial charge in [0.1, 0.15) is 0 Å². The van der Waals surface area contributed by atoms with Gasteiger partial charge in [-0.1, -0.05) is 18.2 Å². The summed E-state index contributed by atoms with van der Waals surface area (Å²) in [6.45, 7) is 10.3. The van der Waals surface area contributed by atoms with Crippen molar-refractivity contribution >= 4 is 23.3 Å². The second-order valence-corrected chi connectivity index (χ2v) is 5.03. The van der Waals surface area contributed by atoms with Gasteiger partial charge in [0.05, 0.1) is 0 Å². The smallest absolute Gasteiger partial charge is 0.321 e. The van der Waals surface area contributed by atoms with Gasteiger partial charge in [0.25, 0.3) is 0 Å². The van der Waals surface area contributed by atoms with Gasteiger partial charge in [-0.15, -0.1) is 0 Å². The molecule has 0 unspecified atom stereocenters. The van der Waals surface area contributed by atoms with E-state index < -0.39 is 0 Å². The van der Waals surface area contributed by atoms with E-state index in [1.807, 2.05) is 19.9 Å². The van der Waals surface area contributed by atoms with Crippen LogP contribution >= 0.6 is 0 Å². The Morgan fingerprint density at radius 1 is 1.29 bits per heavy atom. The van der Waals surface area contributed by atoms with Crippen molar-refractivity contribution in [3.8, 4) is 0 Å². The van der Waals surface area contributed by atoms with E-state index in [2.05, 4.69) is 11.9 Å². The molecule has 0 aliphatic heterocycles. The Hall–Kier alpha value is -2.30. The van der Waals surface area contributed by atoms with Crippen LogP contribution in [0.3, 0.4) is 0 Å². The fourth-order valence-corrected chi connectivity index (χ4v) is 1.83. The summed E-state index contributed by atoms with van der Waals surface area (Å²) in [6.07, 6.45) is 0. The van der Waals surface area contributed by atoms with E-state index in [1.54, 1.807) is 30.1 Å². The highest BCUT2D eigenvalue weighted by atomic mass is 16.2. The zero-order valence-electron chi connectivity index (χ0n) is 13.1. The van der Waals surface area contributed by atoms with E-state index in [0.29, 0.717) is 18.8 Å². The number of hydrogen-bond acceptors (Lipinski definition) is 2. The first kappa shape index (κ1) is 16.8. The van der Waals surface area contributed by atoms with Crippen LogP contribution in [-0.4, -0.2) is 37.0 Å². The highest BCUT2D eigenvalue weighted by Crippen LogP contribution is 2.19. The number of benzene rings is 1. The van der Waals surface area contributed by atoms with Crippen molar-refractivity contribution in [3.63, 3.8) is 0 Å². The highest BCUT2D eigenvalue weighted by molar-refractivity contribution is 5.93. The van der Waals surface area contributed by atoms with Gasteiger partial charge >= 0.3 is 6.03 Å². The molecule has 114 valence electrons. The van der Waals surface area contributed by atoms with Crippen LogP contribution in [0.25, 0.3) is 0 Å². The summed E-state index contributed by atoms with van der Waals surface area (Å²) in [6, 6.07) is 7.02. The molecular weight excluding hydrogens is 266 g/mol. The van der Waals surface area contributed by atoms with Crippen molar-refractivity contribution in [2.75, 3.05) is 30.4 Å². The molecule has 5 heteroatoms. The van der Waals surface area contributed by atoms with Gasteiger partial charge in [0, 0.05) is 38.4 Å². The average Bonchev–Trinajstić information content (AvgIpc) is 2.43. The zero-order chi connectivity index (χ0) is 16.0. The summed E-state index contributed by atoms with van der Waals surface area (Å²) in [5.74, 6) is -0.0593. The number of nitrogens with one attached hydrogen (secondary N) is 1. The number of carbonyl (C=O) groups is 2. The van der Waals surface area contributed by atoms with Crippen LogP contribution < -0.4 is 10.2 Å². The molecule has 1 aromatic carbocycles. The number of nitrogens with zero attached hydrogens (tertiary/aromatic N) is 2. The summed E-state index contributed by atoms with van der Waals surface area (Å²) in [7, 11) is 1.70. The number of carbonyl (C=O) groups excluding carboxylic acids is 2. The summed E-state index contributed by atoms with van der Waals surface area (Å²) in [4.78, 5) is 26.8. The Bertz CT molecular complexity index is 540. The van der Waals surface area contributed by atoms with E-state index in [4.69, 9.17) is 0 Å². The molecule has 0 fully saturated rings. The van der Waals surface area contributed by atoms with E-state index in [0.717, 1.165) is 11.3 Å². The lowest BCUT2D eigenvalue weighted by Gasteiger charge is -2.22. The molecule has 0 radical (unpaired) electrons. The SMILES string of the molecule is C=C(C)CN(CC)C(=O)Nc1cccc(N(C)C(C)=O)c1. The molecule has 0 saturated carbocycles. The van der Waals surface area contributed by atoms with Crippen LogP contribution in [0, 0.1) is 0 Å². The first-order chi connectivity index (χ1) is 9.85. The molecule has 1 N–H and O–H groups in total. The van der Waals surface area contributed by atoms with Gasteiger partial charge in [-0.25, -0.2) is 4.79 Å². The van der Waals surface area contributed by atoms with E-state index in [-0.39, 0.29) is 11.9 Å². The molecule has 0 aliphatic rings. The minimum atomic E-state index is -0.178. The van der Waals surface area contributed by atoms with Crippen LogP contribution in [-0.2, 0) is 4.79 Å². The number of hydrogen-bond donors (Lipinski definition) is 1. The molecule has 0 heterocycles. The molecule has 21 heavy (non-hydrogen) atoms. The minimum Gasteiger partial charge on any atom is -0.321 e. The normalized spacial score (nSPS) is 9.90. The maximum absolute atomic E-state index is 12.2. The van der Waals surface area contributed by atoms with E-state index in [1.165, 1.54) is 11.8 Å². The molecule has 0 spiro atoms.